The molecule has 0 atom stereocenters. The van der Waals surface area contributed by atoms with E-state index in [9.17, 15) is 13.2 Å². The Bertz CT molecular complexity index is 906. The summed E-state index contributed by atoms with van der Waals surface area (Å²) in [5.41, 5.74) is 1.86. The SMILES string of the molecule is CCOc1ccccc1N(Cc1ccc(C(=O)NC2CC2)cc1)S(C)(=O)=O. The summed E-state index contributed by atoms with van der Waals surface area (Å²) in [7, 11) is -3.52. The number of rotatable bonds is 8. The van der Waals surface area contributed by atoms with E-state index in [1.54, 1.807) is 42.5 Å². The number of nitrogens with one attached hydrogen (secondary N) is 1. The van der Waals surface area contributed by atoms with Gasteiger partial charge in [0.15, 0.2) is 0 Å². The van der Waals surface area contributed by atoms with Gasteiger partial charge >= 0.3 is 0 Å². The molecule has 6 nitrogen and oxygen atoms in total. The summed E-state index contributed by atoms with van der Waals surface area (Å²) < 4.78 is 31.7. The quantitative estimate of drug-likeness (QED) is 0.754. The lowest BCUT2D eigenvalue weighted by Crippen LogP contribution is -2.30. The van der Waals surface area contributed by atoms with E-state index < -0.39 is 10.0 Å². The van der Waals surface area contributed by atoms with Gasteiger partial charge in [-0.05, 0) is 49.6 Å². The maximum Gasteiger partial charge on any atom is 0.251 e. The Balaban J connectivity index is 1.82. The van der Waals surface area contributed by atoms with E-state index in [0.29, 0.717) is 29.6 Å². The van der Waals surface area contributed by atoms with Crippen LogP contribution in [0.3, 0.4) is 0 Å². The minimum Gasteiger partial charge on any atom is -0.492 e. The van der Waals surface area contributed by atoms with E-state index in [-0.39, 0.29) is 12.5 Å². The fourth-order valence-corrected chi connectivity index (χ4v) is 3.64. The first-order valence-corrected chi connectivity index (χ1v) is 10.8. The van der Waals surface area contributed by atoms with Gasteiger partial charge in [0.1, 0.15) is 5.75 Å². The monoisotopic (exact) mass is 388 g/mol. The number of sulfonamides is 1. The number of anilines is 1. The lowest BCUT2D eigenvalue weighted by atomic mass is 10.1. The lowest BCUT2D eigenvalue weighted by Gasteiger charge is -2.24. The standard InChI is InChI=1S/C20H24N2O4S/c1-3-26-19-7-5-4-6-18(19)22(27(2,24)25)14-15-8-10-16(11-9-15)20(23)21-17-12-13-17/h4-11,17H,3,12-14H2,1-2H3,(H,21,23). The van der Waals surface area contributed by atoms with Gasteiger partial charge in [0.25, 0.3) is 5.91 Å². The van der Waals surface area contributed by atoms with Crippen LogP contribution in [0.25, 0.3) is 0 Å². The average Bonchev–Trinajstić information content (AvgIpc) is 3.44. The van der Waals surface area contributed by atoms with Crippen molar-refractivity contribution in [2.45, 2.75) is 32.4 Å². The van der Waals surface area contributed by atoms with Crippen molar-refractivity contribution in [3.63, 3.8) is 0 Å². The first kappa shape index (κ1) is 19.2. The van der Waals surface area contributed by atoms with Crippen molar-refractivity contribution < 1.29 is 17.9 Å². The molecule has 1 aliphatic carbocycles. The van der Waals surface area contributed by atoms with Crippen LogP contribution in [0.15, 0.2) is 48.5 Å². The smallest absolute Gasteiger partial charge is 0.251 e. The molecule has 7 heteroatoms. The van der Waals surface area contributed by atoms with Gasteiger partial charge in [-0.25, -0.2) is 8.42 Å². The van der Waals surface area contributed by atoms with Crippen LogP contribution in [0.1, 0.15) is 35.7 Å². The number of carbonyl (C=O) groups excluding carboxylic acids is 1. The topological polar surface area (TPSA) is 75.7 Å². The molecule has 1 N–H and O–H groups in total. The summed E-state index contributed by atoms with van der Waals surface area (Å²) in [6.07, 6.45) is 3.24. The van der Waals surface area contributed by atoms with Gasteiger partial charge in [0.05, 0.1) is 25.1 Å². The molecule has 1 amide bonds. The minimum atomic E-state index is -3.52. The number of nitrogens with zero attached hydrogens (tertiary/aromatic N) is 1. The Morgan fingerprint density at radius 3 is 2.41 bits per heavy atom. The zero-order chi connectivity index (χ0) is 19.4. The molecule has 3 rings (SSSR count). The molecule has 27 heavy (non-hydrogen) atoms. The lowest BCUT2D eigenvalue weighted by molar-refractivity contribution is 0.0951. The highest BCUT2D eigenvalue weighted by molar-refractivity contribution is 7.92. The van der Waals surface area contributed by atoms with Gasteiger partial charge in [0, 0.05) is 11.6 Å². The van der Waals surface area contributed by atoms with Crippen molar-refractivity contribution in [1.29, 1.82) is 0 Å². The van der Waals surface area contributed by atoms with Crippen molar-refractivity contribution >= 4 is 21.6 Å². The van der Waals surface area contributed by atoms with E-state index in [0.717, 1.165) is 18.4 Å². The van der Waals surface area contributed by atoms with Crippen LogP contribution in [-0.4, -0.2) is 33.2 Å². The molecule has 0 unspecified atom stereocenters. The van der Waals surface area contributed by atoms with Crippen LogP contribution in [0, 0.1) is 0 Å². The Morgan fingerprint density at radius 2 is 1.81 bits per heavy atom. The Morgan fingerprint density at radius 1 is 1.15 bits per heavy atom. The zero-order valence-corrected chi connectivity index (χ0v) is 16.3. The summed E-state index contributed by atoms with van der Waals surface area (Å²) >= 11 is 0. The van der Waals surface area contributed by atoms with Gasteiger partial charge in [0.2, 0.25) is 10.0 Å². The summed E-state index contributed by atoms with van der Waals surface area (Å²) in [6.45, 7) is 2.46. The molecule has 0 aromatic heterocycles. The van der Waals surface area contributed by atoms with Crippen LogP contribution in [0.5, 0.6) is 5.75 Å². The third-order valence-corrected chi connectivity index (χ3v) is 5.42. The molecule has 1 fully saturated rings. The van der Waals surface area contributed by atoms with Crippen LogP contribution >= 0.6 is 0 Å². The number of ether oxygens (including phenoxy) is 1. The number of carbonyl (C=O) groups is 1. The number of para-hydroxylation sites is 2. The molecular formula is C20H24N2O4S. The van der Waals surface area contributed by atoms with Crippen molar-refractivity contribution in [2.75, 3.05) is 17.2 Å². The van der Waals surface area contributed by atoms with Crippen molar-refractivity contribution in [3.05, 3.63) is 59.7 Å². The molecule has 2 aromatic carbocycles. The van der Waals surface area contributed by atoms with Gasteiger partial charge in [-0.2, -0.15) is 0 Å². The molecule has 0 heterocycles. The molecule has 1 saturated carbocycles. The van der Waals surface area contributed by atoms with Gasteiger partial charge in [-0.1, -0.05) is 24.3 Å². The predicted octanol–water partition coefficient (Wildman–Crippen LogP) is 2.94. The largest absolute Gasteiger partial charge is 0.492 e. The molecular weight excluding hydrogens is 364 g/mol. The van der Waals surface area contributed by atoms with E-state index in [1.165, 1.54) is 10.6 Å². The van der Waals surface area contributed by atoms with Gasteiger partial charge < -0.3 is 10.1 Å². The Hall–Kier alpha value is -2.54. The highest BCUT2D eigenvalue weighted by Crippen LogP contribution is 2.31. The third kappa shape index (κ3) is 5.01. The fourth-order valence-electron chi connectivity index (χ4n) is 2.75. The van der Waals surface area contributed by atoms with Crippen LogP contribution in [0.2, 0.25) is 0 Å². The first-order valence-electron chi connectivity index (χ1n) is 8.98. The second-order valence-corrected chi connectivity index (χ2v) is 8.52. The second kappa shape index (κ2) is 8.00. The summed E-state index contributed by atoms with van der Waals surface area (Å²) in [6, 6.07) is 14.4. The van der Waals surface area contributed by atoms with Crippen molar-refractivity contribution in [1.82, 2.24) is 5.32 Å². The first-order chi connectivity index (χ1) is 12.9. The number of benzene rings is 2. The predicted molar refractivity (Wildman–Crippen MR) is 106 cm³/mol. The van der Waals surface area contributed by atoms with E-state index >= 15 is 0 Å². The number of hydrogen-bond donors (Lipinski definition) is 1. The van der Waals surface area contributed by atoms with Crippen LogP contribution in [0.4, 0.5) is 5.69 Å². The van der Waals surface area contributed by atoms with E-state index in [2.05, 4.69) is 5.32 Å². The normalized spacial score (nSPS) is 13.9. The van der Waals surface area contributed by atoms with Crippen molar-refractivity contribution in [3.8, 4) is 5.75 Å². The molecule has 0 aliphatic heterocycles. The second-order valence-electron chi connectivity index (χ2n) is 6.62. The highest BCUT2D eigenvalue weighted by atomic mass is 32.2. The van der Waals surface area contributed by atoms with Crippen LogP contribution < -0.4 is 14.4 Å². The molecule has 0 radical (unpaired) electrons. The summed E-state index contributed by atoms with van der Waals surface area (Å²) in [4.78, 5) is 12.1. The van der Waals surface area contributed by atoms with Crippen LogP contribution in [-0.2, 0) is 16.6 Å². The zero-order valence-electron chi connectivity index (χ0n) is 15.5. The average molecular weight is 388 g/mol. The summed E-state index contributed by atoms with van der Waals surface area (Å²) in [5, 5.41) is 2.94. The van der Waals surface area contributed by atoms with Gasteiger partial charge in [-0.3, -0.25) is 9.10 Å². The molecule has 1 aliphatic rings. The fraction of sp³-hybridized carbons (Fsp3) is 0.350. The Kier molecular flexibility index (Phi) is 5.70. The minimum absolute atomic E-state index is 0.0919. The number of hydrogen-bond acceptors (Lipinski definition) is 4. The maximum atomic E-state index is 12.4. The van der Waals surface area contributed by atoms with Gasteiger partial charge in [-0.15, -0.1) is 0 Å². The third-order valence-electron chi connectivity index (χ3n) is 4.29. The highest BCUT2D eigenvalue weighted by Gasteiger charge is 2.24. The number of amides is 1. The molecule has 0 spiro atoms. The molecule has 144 valence electrons. The maximum absolute atomic E-state index is 12.4. The van der Waals surface area contributed by atoms with Crippen molar-refractivity contribution in [2.24, 2.45) is 0 Å². The van der Waals surface area contributed by atoms with E-state index in [1.807, 2.05) is 13.0 Å². The van der Waals surface area contributed by atoms with E-state index in [4.69, 9.17) is 4.74 Å². The molecule has 2 aromatic rings. The Labute approximate surface area is 160 Å². The molecule has 0 bridgehead atoms. The molecule has 0 saturated heterocycles. The summed E-state index contributed by atoms with van der Waals surface area (Å²) in [5.74, 6) is 0.427.